The van der Waals surface area contributed by atoms with Crippen LogP contribution in [0.15, 0.2) is 24.4 Å². The number of ether oxygens (including phenoxy) is 1. The van der Waals surface area contributed by atoms with Crippen molar-refractivity contribution < 1.29 is 27.5 Å². The number of hydrogen-bond donors (Lipinski definition) is 2. The number of hydrogen-bond acceptors (Lipinski definition) is 8. The van der Waals surface area contributed by atoms with E-state index in [1.54, 1.807) is 27.0 Å². The van der Waals surface area contributed by atoms with E-state index in [1.165, 1.54) is 0 Å². The standard InChI is InChI=1S/C20H23F3N6O3/c1-19(2,3)15(17(30)32-18(31)20(21,22)23)13(16-26-28-29-27-16)8-11-4-5-14(25-9-11)12-6-7-24-10-12/h4-6,9,13,15,24H,7-8,10H2,1-3H3,(H,26,27,28,29)/t13-,15-/m0/s1. The fourth-order valence-corrected chi connectivity index (χ4v) is 3.68. The van der Waals surface area contributed by atoms with Gasteiger partial charge in [0.2, 0.25) is 0 Å². The van der Waals surface area contributed by atoms with E-state index in [1.807, 2.05) is 18.2 Å². The third-order valence-electron chi connectivity index (χ3n) is 5.13. The molecule has 0 bridgehead atoms. The third kappa shape index (κ3) is 5.55. The van der Waals surface area contributed by atoms with Crippen LogP contribution in [-0.4, -0.2) is 56.8 Å². The summed E-state index contributed by atoms with van der Waals surface area (Å²) in [7, 11) is 0. The van der Waals surface area contributed by atoms with Crippen LogP contribution in [0.5, 0.6) is 0 Å². The molecule has 0 saturated heterocycles. The van der Waals surface area contributed by atoms with Gasteiger partial charge in [-0.25, -0.2) is 4.79 Å². The van der Waals surface area contributed by atoms with Crippen LogP contribution in [0.3, 0.4) is 0 Å². The SMILES string of the molecule is CC(C)(C)[C@H](C(=O)OC(=O)C(F)(F)F)[C@H](Cc1ccc(C2=CCNC2)nc1)c1nn[nH]n1. The highest BCUT2D eigenvalue weighted by atomic mass is 19.4. The van der Waals surface area contributed by atoms with Gasteiger partial charge < -0.3 is 10.1 Å². The summed E-state index contributed by atoms with van der Waals surface area (Å²) in [5, 5.41) is 16.9. The Hall–Kier alpha value is -3.15. The molecule has 2 aromatic rings. The smallest absolute Gasteiger partial charge is 0.386 e. The number of alkyl halides is 3. The van der Waals surface area contributed by atoms with Gasteiger partial charge in [-0.1, -0.05) is 38.1 Å². The molecule has 0 fully saturated rings. The molecule has 3 rings (SSSR count). The first-order valence-electron chi connectivity index (χ1n) is 9.88. The number of carbonyl (C=O) groups is 2. The van der Waals surface area contributed by atoms with Crippen molar-refractivity contribution in [3.63, 3.8) is 0 Å². The molecule has 12 heteroatoms. The lowest BCUT2D eigenvalue weighted by molar-refractivity contribution is -0.204. The van der Waals surface area contributed by atoms with Gasteiger partial charge in [0, 0.05) is 25.2 Å². The highest BCUT2D eigenvalue weighted by Crippen LogP contribution is 2.40. The van der Waals surface area contributed by atoms with E-state index >= 15 is 0 Å². The summed E-state index contributed by atoms with van der Waals surface area (Å²) >= 11 is 0. The number of rotatable bonds is 6. The molecule has 1 aliphatic heterocycles. The Balaban J connectivity index is 1.90. The predicted octanol–water partition coefficient (Wildman–Crippen LogP) is 2.20. The molecule has 2 N–H and O–H groups in total. The van der Waals surface area contributed by atoms with Crippen molar-refractivity contribution in [1.82, 2.24) is 30.9 Å². The molecule has 2 atom stereocenters. The van der Waals surface area contributed by atoms with Crippen molar-refractivity contribution in [2.45, 2.75) is 39.3 Å². The predicted molar refractivity (Wildman–Crippen MR) is 106 cm³/mol. The average Bonchev–Trinajstić information content (AvgIpc) is 3.40. The maximum Gasteiger partial charge on any atom is 0.491 e. The second kappa shape index (κ2) is 9.15. The van der Waals surface area contributed by atoms with Crippen molar-refractivity contribution in [2.75, 3.05) is 13.1 Å². The van der Waals surface area contributed by atoms with E-state index < -0.39 is 35.4 Å². The van der Waals surface area contributed by atoms with Crippen molar-refractivity contribution >= 4 is 17.5 Å². The van der Waals surface area contributed by atoms with Crippen molar-refractivity contribution in [3.05, 3.63) is 41.5 Å². The Morgan fingerprint density at radius 3 is 2.47 bits per heavy atom. The van der Waals surface area contributed by atoms with Crippen LogP contribution in [0, 0.1) is 11.3 Å². The summed E-state index contributed by atoms with van der Waals surface area (Å²) in [6.45, 7) is 6.45. The molecule has 0 radical (unpaired) electrons. The molecule has 32 heavy (non-hydrogen) atoms. The van der Waals surface area contributed by atoms with Gasteiger partial charge in [-0.05, 0) is 29.0 Å². The third-order valence-corrected chi connectivity index (χ3v) is 5.13. The zero-order valence-corrected chi connectivity index (χ0v) is 17.7. The Labute approximate surface area is 181 Å². The number of nitrogens with one attached hydrogen (secondary N) is 2. The van der Waals surface area contributed by atoms with E-state index in [4.69, 9.17) is 0 Å². The van der Waals surface area contributed by atoms with Crippen molar-refractivity contribution in [1.29, 1.82) is 0 Å². The maximum absolute atomic E-state index is 12.7. The normalized spacial score (nSPS) is 16.4. The highest BCUT2D eigenvalue weighted by molar-refractivity contribution is 5.90. The molecule has 172 valence electrons. The molecule has 3 heterocycles. The number of aromatic amines is 1. The van der Waals surface area contributed by atoms with Gasteiger partial charge in [-0.3, -0.25) is 9.78 Å². The summed E-state index contributed by atoms with van der Waals surface area (Å²) in [6, 6.07) is 3.65. The van der Waals surface area contributed by atoms with E-state index in [-0.39, 0.29) is 12.2 Å². The second-order valence-corrected chi connectivity index (χ2v) is 8.54. The average molecular weight is 452 g/mol. The lowest BCUT2D eigenvalue weighted by Crippen LogP contribution is -2.40. The molecule has 1 aliphatic rings. The summed E-state index contributed by atoms with van der Waals surface area (Å²) in [6.07, 6.45) is -1.45. The van der Waals surface area contributed by atoms with Gasteiger partial charge in [0.1, 0.15) is 0 Å². The molecule has 9 nitrogen and oxygen atoms in total. The van der Waals surface area contributed by atoms with Crippen LogP contribution in [0.4, 0.5) is 13.2 Å². The summed E-state index contributed by atoms with van der Waals surface area (Å²) in [4.78, 5) is 28.5. The monoisotopic (exact) mass is 452 g/mol. The first kappa shape index (κ1) is 23.5. The van der Waals surface area contributed by atoms with Crippen LogP contribution >= 0.6 is 0 Å². The van der Waals surface area contributed by atoms with E-state index in [2.05, 4.69) is 35.7 Å². The zero-order valence-electron chi connectivity index (χ0n) is 17.7. The topological polar surface area (TPSA) is 123 Å². The molecule has 2 aromatic heterocycles. The molecular weight excluding hydrogens is 429 g/mol. The number of pyridine rings is 1. The van der Waals surface area contributed by atoms with Crippen molar-refractivity contribution in [3.8, 4) is 0 Å². The van der Waals surface area contributed by atoms with Crippen LogP contribution in [0.2, 0.25) is 0 Å². The second-order valence-electron chi connectivity index (χ2n) is 8.54. The number of carbonyl (C=O) groups excluding carboxylic acids is 2. The number of tetrazole rings is 1. The van der Waals surface area contributed by atoms with Gasteiger partial charge in [0.25, 0.3) is 0 Å². The van der Waals surface area contributed by atoms with Crippen molar-refractivity contribution in [2.24, 2.45) is 11.3 Å². The molecular formula is C20H23F3N6O3. The Kier molecular flexibility index (Phi) is 6.72. The lowest BCUT2D eigenvalue weighted by atomic mass is 9.71. The highest BCUT2D eigenvalue weighted by Gasteiger charge is 2.47. The Morgan fingerprint density at radius 2 is 1.97 bits per heavy atom. The minimum atomic E-state index is -5.29. The van der Waals surface area contributed by atoms with Crippen LogP contribution < -0.4 is 5.32 Å². The Morgan fingerprint density at radius 1 is 1.22 bits per heavy atom. The Bertz CT molecular complexity index is 981. The summed E-state index contributed by atoms with van der Waals surface area (Å²) in [5.74, 6) is -5.74. The minimum absolute atomic E-state index is 0.119. The number of H-pyrrole nitrogens is 1. The minimum Gasteiger partial charge on any atom is -0.386 e. The summed E-state index contributed by atoms with van der Waals surface area (Å²) < 4.78 is 42.2. The lowest BCUT2D eigenvalue weighted by Gasteiger charge is -2.33. The first-order chi connectivity index (χ1) is 15.0. The van der Waals surface area contributed by atoms with E-state index in [0.717, 1.165) is 17.8 Å². The number of nitrogens with zero attached hydrogens (tertiary/aromatic N) is 4. The zero-order chi connectivity index (χ0) is 23.5. The first-order valence-corrected chi connectivity index (χ1v) is 9.88. The molecule has 0 spiro atoms. The molecule has 0 amide bonds. The van der Waals surface area contributed by atoms with Gasteiger partial charge in [-0.2, -0.15) is 18.4 Å². The van der Waals surface area contributed by atoms with Crippen LogP contribution in [0.1, 0.15) is 43.8 Å². The van der Waals surface area contributed by atoms with Gasteiger partial charge >= 0.3 is 18.1 Å². The summed E-state index contributed by atoms with van der Waals surface area (Å²) in [5.41, 5.74) is 1.69. The molecule has 0 unspecified atom stereocenters. The fourth-order valence-electron chi connectivity index (χ4n) is 3.68. The van der Waals surface area contributed by atoms with E-state index in [0.29, 0.717) is 12.1 Å². The van der Waals surface area contributed by atoms with Gasteiger partial charge in [0.15, 0.2) is 5.82 Å². The van der Waals surface area contributed by atoms with E-state index in [9.17, 15) is 22.8 Å². The van der Waals surface area contributed by atoms with Crippen LogP contribution in [-0.2, 0) is 20.7 Å². The van der Waals surface area contributed by atoms with Crippen LogP contribution in [0.25, 0.3) is 5.57 Å². The number of aromatic nitrogens is 5. The number of esters is 2. The fraction of sp³-hybridized carbons (Fsp3) is 0.500. The van der Waals surface area contributed by atoms with Gasteiger partial charge in [0.05, 0.1) is 11.6 Å². The molecule has 0 aliphatic carbocycles. The quantitative estimate of drug-likeness (QED) is 0.505. The van der Waals surface area contributed by atoms with Gasteiger partial charge in [-0.15, -0.1) is 10.2 Å². The molecule has 0 saturated carbocycles. The number of halogens is 3. The largest absolute Gasteiger partial charge is 0.491 e. The maximum atomic E-state index is 12.7. The molecule has 0 aromatic carbocycles.